The SMILES string of the molecule is CP1(=S)C(c2ccccc2)=C(c2ccccc2)C(c2ccccc2)=C1c1ccccc1. The maximum Gasteiger partial charge on any atom is 0.0101 e. The fourth-order valence-corrected chi connectivity index (χ4v) is 8.54. The molecule has 1 aliphatic heterocycles. The van der Waals surface area contributed by atoms with E-state index in [2.05, 4.69) is 128 Å². The van der Waals surface area contributed by atoms with Gasteiger partial charge in [0.2, 0.25) is 0 Å². The first-order chi connectivity index (χ1) is 15.2. The van der Waals surface area contributed by atoms with Crippen LogP contribution in [0.4, 0.5) is 0 Å². The minimum absolute atomic E-state index is 1.22. The van der Waals surface area contributed by atoms with Gasteiger partial charge < -0.3 is 0 Å². The van der Waals surface area contributed by atoms with Gasteiger partial charge in [-0.1, -0.05) is 133 Å². The van der Waals surface area contributed by atoms with Crippen molar-refractivity contribution >= 4 is 39.6 Å². The Hall–Kier alpha value is -2.99. The minimum Gasteiger partial charge on any atom is -0.0878 e. The Morgan fingerprint density at radius 2 is 0.677 bits per heavy atom. The highest BCUT2D eigenvalue weighted by Crippen LogP contribution is 2.75. The largest absolute Gasteiger partial charge is 0.0878 e. The number of hydrogen-bond donors (Lipinski definition) is 0. The lowest BCUT2D eigenvalue weighted by atomic mass is 9.89. The van der Waals surface area contributed by atoms with Crippen molar-refractivity contribution in [3.8, 4) is 0 Å². The summed E-state index contributed by atoms with van der Waals surface area (Å²) < 4.78 is 0. The highest BCUT2D eigenvalue weighted by atomic mass is 32.4. The molecule has 1 aliphatic rings. The van der Waals surface area contributed by atoms with E-state index in [0.29, 0.717) is 0 Å². The molecular weight excluding hydrogens is 411 g/mol. The second kappa shape index (κ2) is 8.27. The molecule has 0 atom stereocenters. The molecule has 31 heavy (non-hydrogen) atoms. The van der Waals surface area contributed by atoms with E-state index in [9.17, 15) is 0 Å². The van der Waals surface area contributed by atoms with Crippen LogP contribution < -0.4 is 0 Å². The van der Waals surface area contributed by atoms with E-state index in [1.165, 1.54) is 44.0 Å². The van der Waals surface area contributed by atoms with Crippen LogP contribution in [0.2, 0.25) is 0 Å². The van der Waals surface area contributed by atoms with Crippen LogP contribution in [-0.4, -0.2) is 6.66 Å². The molecule has 0 fully saturated rings. The third-order valence-electron chi connectivity index (χ3n) is 5.80. The van der Waals surface area contributed by atoms with E-state index in [0.717, 1.165) is 0 Å². The molecule has 0 amide bonds. The third-order valence-corrected chi connectivity index (χ3v) is 9.56. The topological polar surface area (TPSA) is 0 Å². The van der Waals surface area contributed by atoms with E-state index in [-0.39, 0.29) is 0 Å². The van der Waals surface area contributed by atoms with Crippen LogP contribution in [0, 0.1) is 0 Å². The first-order valence-corrected chi connectivity index (χ1v) is 13.7. The molecule has 0 saturated heterocycles. The highest BCUT2D eigenvalue weighted by molar-refractivity contribution is 8.24. The van der Waals surface area contributed by atoms with E-state index in [1.54, 1.807) is 0 Å². The molecule has 4 aromatic rings. The van der Waals surface area contributed by atoms with Crippen LogP contribution >= 0.6 is 6.04 Å². The molecule has 0 saturated carbocycles. The molecule has 2 heteroatoms. The Bertz CT molecular complexity index is 1220. The van der Waals surface area contributed by atoms with Gasteiger partial charge in [-0.05, 0) is 40.1 Å². The van der Waals surface area contributed by atoms with Crippen molar-refractivity contribution in [1.82, 2.24) is 0 Å². The highest BCUT2D eigenvalue weighted by Gasteiger charge is 2.38. The summed E-state index contributed by atoms with van der Waals surface area (Å²) in [6.45, 7) is 2.30. The van der Waals surface area contributed by atoms with E-state index < -0.39 is 6.04 Å². The molecule has 1 heterocycles. The van der Waals surface area contributed by atoms with E-state index in [4.69, 9.17) is 11.8 Å². The summed E-state index contributed by atoms with van der Waals surface area (Å²) in [5, 5.41) is 2.62. The predicted molar refractivity (Wildman–Crippen MR) is 140 cm³/mol. The van der Waals surface area contributed by atoms with Crippen molar-refractivity contribution in [3.63, 3.8) is 0 Å². The molecule has 0 aliphatic carbocycles. The fraction of sp³-hybridized carbons (Fsp3) is 0.0345. The van der Waals surface area contributed by atoms with Crippen molar-refractivity contribution in [1.29, 1.82) is 0 Å². The second-order valence-corrected chi connectivity index (χ2v) is 12.8. The summed E-state index contributed by atoms with van der Waals surface area (Å²) in [7, 11) is 0. The number of allylic oxidation sites excluding steroid dienone is 2. The van der Waals surface area contributed by atoms with Gasteiger partial charge in [-0.3, -0.25) is 0 Å². The lowest BCUT2D eigenvalue weighted by molar-refractivity contribution is 1.58. The van der Waals surface area contributed by atoms with Gasteiger partial charge >= 0.3 is 0 Å². The van der Waals surface area contributed by atoms with Gasteiger partial charge in [0, 0.05) is 16.7 Å². The van der Waals surface area contributed by atoms with Crippen molar-refractivity contribution in [2.45, 2.75) is 0 Å². The summed E-state index contributed by atoms with van der Waals surface area (Å²) in [6, 6.07) is 40.9. The molecule has 150 valence electrons. The number of benzene rings is 4. The number of rotatable bonds is 4. The lowest BCUT2D eigenvalue weighted by Crippen LogP contribution is -1.92. The van der Waals surface area contributed by atoms with E-state index >= 15 is 0 Å². The second-order valence-electron chi connectivity index (χ2n) is 7.84. The van der Waals surface area contributed by atoms with Crippen molar-refractivity contribution < 1.29 is 0 Å². The maximum atomic E-state index is 6.56. The molecule has 0 spiro atoms. The van der Waals surface area contributed by atoms with Gasteiger partial charge in [-0.25, -0.2) is 0 Å². The third kappa shape index (κ3) is 3.55. The molecule has 0 unspecified atom stereocenters. The first-order valence-electron chi connectivity index (χ1n) is 10.5. The fourth-order valence-electron chi connectivity index (χ4n) is 4.52. The molecule has 5 rings (SSSR count). The molecule has 0 bridgehead atoms. The summed E-state index contributed by atoms with van der Waals surface area (Å²) in [5.74, 6) is 0. The van der Waals surface area contributed by atoms with Gasteiger partial charge in [0.1, 0.15) is 0 Å². The minimum atomic E-state index is -2.06. The predicted octanol–water partition coefficient (Wildman–Crippen LogP) is 8.25. The quantitative estimate of drug-likeness (QED) is 0.291. The molecule has 4 aromatic carbocycles. The maximum absolute atomic E-state index is 6.56. The van der Waals surface area contributed by atoms with Crippen LogP contribution in [0.5, 0.6) is 0 Å². The lowest BCUT2D eigenvalue weighted by Gasteiger charge is -2.21. The molecule has 0 radical (unpaired) electrons. The van der Waals surface area contributed by atoms with Gasteiger partial charge in [-0.2, -0.15) is 0 Å². The zero-order valence-corrected chi connectivity index (χ0v) is 19.1. The Morgan fingerprint density at radius 1 is 0.419 bits per heavy atom. The van der Waals surface area contributed by atoms with Crippen LogP contribution in [0.25, 0.3) is 21.8 Å². The van der Waals surface area contributed by atoms with Crippen LogP contribution in [0.1, 0.15) is 22.3 Å². The summed E-state index contributed by atoms with van der Waals surface area (Å²) >= 11 is 6.56. The summed E-state index contributed by atoms with van der Waals surface area (Å²) in [6.07, 6.45) is 0. The first kappa shape index (κ1) is 19.9. The average Bonchev–Trinajstić information content (AvgIpc) is 3.08. The number of hydrogen-bond acceptors (Lipinski definition) is 1. The Kier molecular flexibility index (Phi) is 5.32. The van der Waals surface area contributed by atoms with Crippen LogP contribution in [-0.2, 0) is 11.8 Å². The molecule has 0 nitrogen and oxygen atoms in total. The summed E-state index contributed by atoms with van der Waals surface area (Å²) in [5.41, 5.74) is 7.47. The van der Waals surface area contributed by atoms with E-state index in [1.807, 2.05) is 0 Å². The van der Waals surface area contributed by atoms with Crippen LogP contribution in [0.15, 0.2) is 121 Å². The van der Waals surface area contributed by atoms with Gasteiger partial charge in [0.25, 0.3) is 0 Å². The van der Waals surface area contributed by atoms with Crippen molar-refractivity contribution in [2.75, 3.05) is 6.66 Å². The van der Waals surface area contributed by atoms with Crippen molar-refractivity contribution in [2.24, 2.45) is 0 Å². The van der Waals surface area contributed by atoms with Gasteiger partial charge in [0.15, 0.2) is 0 Å². The Morgan fingerprint density at radius 3 is 0.968 bits per heavy atom. The molecular formula is C29H23PS. The standard InChI is InChI=1S/C29H23PS/c1-30(31)28(24-18-10-4-11-19-24)26(22-14-6-2-7-15-22)27(23-16-8-3-9-17-23)29(30)25-20-12-5-13-21-25/h2-21H,1H3. The monoisotopic (exact) mass is 434 g/mol. The smallest absolute Gasteiger partial charge is 0.0101 e. The van der Waals surface area contributed by atoms with Gasteiger partial charge in [0.05, 0.1) is 0 Å². The summed E-state index contributed by atoms with van der Waals surface area (Å²) in [4.78, 5) is 0. The zero-order chi connectivity index (χ0) is 21.3. The molecule has 0 N–H and O–H groups in total. The zero-order valence-electron chi connectivity index (χ0n) is 17.4. The van der Waals surface area contributed by atoms with Crippen molar-refractivity contribution in [3.05, 3.63) is 144 Å². The Labute approximate surface area is 189 Å². The normalized spacial score (nSPS) is 15.4. The molecule has 0 aromatic heterocycles. The van der Waals surface area contributed by atoms with Gasteiger partial charge in [-0.15, -0.1) is 0 Å². The Balaban J connectivity index is 1.93. The van der Waals surface area contributed by atoms with Crippen LogP contribution in [0.3, 0.4) is 0 Å². The average molecular weight is 435 g/mol.